The van der Waals surface area contributed by atoms with Crippen LogP contribution >= 0.6 is 0 Å². The molecule has 0 rings (SSSR count). The lowest BCUT2D eigenvalue weighted by Crippen LogP contribution is -2.40. The van der Waals surface area contributed by atoms with Gasteiger partial charge in [0.25, 0.3) is 5.12 Å². The Labute approximate surface area is 71.4 Å². The van der Waals surface area contributed by atoms with Gasteiger partial charge in [-0.15, -0.1) is 6.58 Å². The van der Waals surface area contributed by atoms with Gasteiger partial charge in [-0.2, -0.15) is 8.42 Å². The molecular weight excluding hydrogens is 184 g/mol. The topological polar surface area (TPSA) is 83.8 Å². The third-order valence-electron chi connectivity index (χ3n) is 1.28. The predicted molar refractivity (Wildman–Crippen MR) is 42.9 cm³/mol. The van der Waals surface area contributed by atoms with Gasteiger partial charge >= 0.3 is 10.1 Å². The van der Waals surface area contributed by atoms with Crippen molar-refractivity contribution < 1.29 is 22.8 Å². The smallest absolute Gasteiger partial charge is 0.321 e. The van der Waals surface area contributed by atoms with Crippen molar-refractivity contribution in [3.63, 3.8) is 0 Å². The Morgan fingerprint density at radius 2 is 2.17 bits per heavy atom. The van der Waals surface area contributed by atoms with Crippen molar-refractivity contribution >= 4 is 10.1 Å². The zero-order valence-corrected chi connectivity index (χ0v) is 7.54. The van der Waals surface area contributed by atoms with Gasteiger partial charge in [0.2, 0.25) is 0 Å². The SMILES string of the molecule is C=CCOC(O)(CC)S(=O)(=O)O. The maximum absolute atomic E-state index is 10.5. The van der Waals surface area contributed by atoms with E-state index in [1.165, 1.54) is 13.0 Å². The lowest BCUT2D eigenvalue weighted by molar-refractivity contribution is -0.135. The molecule has 5 nitrogen and oxygen atoms in total. The highest BCUT2D eigenvalue weighted by atomic mass is 32.2. The Bertz CT molecular complexity index is 245. The Hall–Kier alpha value is -0.430. The van der Waals surface area contributed by atoms with Crippen LogP contribution in [0.25, 0.3) is 0 Å². The summed E-state index contributed by atoms with van der Waals surface area (Å²) < 4.78 is 34.1. The molecule has 0 radical (unpaired) electrons. The van der Waals surface area contributed by atoms with Gasteiger partial charge in [0.15, 0.2) is 0 Å². The van der Waals surface area contributed by atoms with Crippen LogP contribution in [-0.4, -0.2) is 29.8 Å². The second-order valence-corrected chi connectivity index (χ2v) is 3.73. The van der Waals surface area contributed by atoms with Crippen molar-refractivity contribution in [3.8, 4) is 0 Å². The Balaban J connectivity index is 4.57. The van der Waals surface area contributed by atoms with Crippen molar-refractivity contribution in [3.05, 3.63) is 12.7 Å². The zero-order valence-electron chi connectivity index (χ0n) is 6.73. The summed E-state index contributed by atoms with van der Waals surface area (Å²) in [7, 11) is -4.60. The predicted octanol–water partition coefficient (Wildman–Crippen LogP) is 0.133. The van der Waals surface area contributed by atoms with Gasteiger partial charge in [-0.05, 0) is 0 Å². The summed E-state index contributed by atoms with van der Waals surface area (Å²) in [5.74, 6) is 0. The summed E-state index contributed by atoms with van der Waals surface area (Å²) in [5, 5.41) is 6.67. The molecule has 0 amide bonds. The van der Waals surface area contributed by atoms with Gasteiger partial charge in [-0.3, -0.25) is 4.55 Å². The van der Waals surface area contributed by atoms with Crippen LogP contribution in [0.15, 0.2) is 12.7 Å². The standard InChI is InChI=1S/C6H12O5S/c1-3-5-11-6(7,4-2)12(8,9)10/h3,7H,1,4-5H2,2H3,(H,8,9,10). The average molecular weight is 196 g/mol. The molecule has 0 saturated heterocycles. The molecule has 0 aromatic rings. The largest absolute Gasteiger partial charge is 0.352 e. The van der Waals surface area contributed by atoms with E-state index in [1.54, 1.807) is 0 Å². The first-order chi connectivity index (χ1) is 5.37. The van der Waals surface area contributed by atoms with E-state index < -0.39 is 15.2 Å². The minimum atomic E-state index is -4.60. The quantitative estimate of drug-likeness (QED) is 0.371. The Morgan fingerprint density at radius 3 is 2.42 bits per heavy atom. The van der Waals surface area contributed by atoms with Gasteiger partial charge in [0.1, 0.15) is 0 Å². The third-order valence-corrected chi connectivity index (χ3v) is 2.49. The van der Waals surface area contributed by atoms with Gasteiger partial charge in [-0.1, -0.05) is 13.0 Å². The fourth-order valence-electron chi connectivity index (χ4n) is 0.548. The van der Waals surface area contributed by atoms with E-state index in [2.05, 4.69) is 11.3 Å². The van der Waals surface area contributed by atoms with Gasteiger partial charge in [0.05, 0.1) is 6.61 Å². The summed E-state index contributed by atoms with van der Waals surface area (Å²) in [6, 6.07) is 0. The highest BCUT2D eigenvalue weighted by Crippen LogP contribution is 2.18. The van der Waals surface area contributed by atoms with E-state index in [-0.39, 0.29) is 13.0 Å². The van der Waals surface area contributed by atoms with Gasteiger partial charge in [0, 0.05) is 6.42 Å². The minimum Gasteiger partial charge on any atom is -0.352 e. The van der Waals surface area contributed by atoms with Crippen LogP contribution in [-0.2, 0) is 14.9 Å². The fraction of sp³-hybridized carbons (Fsp3) is 0.667. The number of rotatable bonds is 5. The summed E-state index contributed by atoms with van der Waals surface area (Å²) in [5.41, 5.74) is 0. The van der Waals surface area contributed by atoms with E-state index >= 15 is 0 Å². The Kier molecular flexibility index (Phi) is 3.85. The summed E-state index contributed by atoms with van der Waals surface area (Å²) in [4.78, 5) is 0. The van der Waals surface area contributed by atoms with Gasteiger partial charge in [-0.25, -0.2) is 0 Å². The van der Waals surface area contributed by atoms with Crippen LogP contribution in [0.5, 0.6) is 0 Å². The molecule has 0 aromatic carbocycles. The zero-order chi connectivity index (χ0) is 9.83. The summed E-state index contributed by atoms with van der Waals surface area (Å²) in [6.07, 6.45) is 1.02. The average Bonchev–Trinajstić information content (AvgIpc) is 1.98. The van der Waals surface area contributed by atoms with Crippen LogP contribution in [0, 0.1) is 0 Å². The van der Waals surface area contributed by atoms with E-state index in [9.17, 15) is 13.5 Å². The molecule has 0 heterocycles. The monoisotopic (exact) mass is 196 g/mol. The Morgan fingerprint density at radius 1 is 1.67 bits per heavy atom. The lowest BCUT2D eigenvalue weighted by atomic mass is 10.5. The molecule has 1 atom stereocenters. The molecule has 0 fully saturated rings. The molecule has 6 heteroatoms. The van der Waals surface area contributed by atoms with Crippen LogP contribution in [0.4, 0.5) is 0 Å². The van der Waals surface area contributed by atoms with Crippen molar-refractivity contribution in [1.82, 2.24) is 0 Å². The number of aliphatic hydroxyl groups is 1. The molecule has 0 aliphatic carbocycles. The summed E-state index contributed by atoms with van der Waals surface area (Å²) >= 11 is 0. The lowest BCUT2D eigenvalue weighted by Gasteiger charge is -2.22. The van der Waals surface area contributed by atoms with E-state index in [4.69, 9.17) is 4.55 Å². The molecule has 0 saturated carbocycles. The van der Waals surface area contributed by atoms with Crippen LogP contribution in [0.1, 0.15) is 13.3 Å². The highest BCUT2D eigenvalue weighted by Gasteiger charge is 2.40. The first-order valence-corrected chi connectivity index (χ1v) is 4.75. The molecule has 0 aliphatic rings. The maximum Gasteiger partial charge on any atom is 0.321 e. The molecule has 12 heavy (non-hydrogen) atoms. The summed E-state index contributed by atoms with van der Waals surface area (Å²) in [6.45, 7) is 4.49. The van der Waals surface area contributed by atoms with Crippen molar-refractivity contribution in [2.24, 2.45) is 0 Å². The maximum atomic E-state index is 10.5. The van der Waals surface area contributed by atoms with Crippen molar-refractivity contribution in [1.29, 1.82) is 0 Å². The van der Waals surface area contributed by atoms with Crippen LogP contribution in [0.2, 0.25) is 0 Å². The highest BCUT2D eigenvalue weighted by molar-refractivity contribution is 7.86. The van der Waals surface area contributed by atoms with E-state index in [0.29, 0.717) is 0 Å². The second-order valence-electron chi connectivity index (χ2n) is 2.14. The number of ether oxygens (including phenoxy) is 1. The van der Waals surface area contributed by atoms with Crippen molar-refractivity contribution in [2.75, 3.05) is 6.61 Å². The fourth-order valence-corrected chi connectivity index (χ4v) is 1.13. The van der Waals surface area contributed by atoms with Gasteiger partial charge < -0.3 is 9.84 Å². The minimum absolute atomic E-state index is 0.149. The molecule has 2 N–H and O–H groups in total. The molecule has 0 aromatic heterocycles. The second kappa shape index (κ2) is 3.99. The molecule has 0 bridgehead atoms. The molecule has 0 aliphatic heterocycles. The number of hydrogen-bond donors (Lipinski definition) is 2. The normalized spacial score (nSPS) is 16.9. The van der Waals surface area contributed by atoms with E-state index in [0.717, 1.165) is 0 Å². The molecular formula is C6H12O5S. The molecule has 0 spiro atoms. The number of hydrogen-bond acceptors (Lipinski definition) is 4. The first kappa shape index (κ1) is 11.6. The van der Waals surface area contributed by atoms with Crippen LogP contribution < -0.4 is 0 Å². The third kappa shape index (κ3) is 2.56. The van der Waals surface area contributed by atoms with Crippen molar-refractivity contribution in [2.45, 2.75) is 18.5 Å². The molecule has 1 unspecified atom stereocenters. The first-order valence-electron chi connectivity index (χ1n) is 3.31. The molecule has 72 valence electrons. The van der Waals surface area contributed by atoms with E-state index in [1.807, 2.05) is 0 Å². The van der Waals surface area contributed by atoms with Crippen LogP contribution in [0.3, 0.4) is 0 Å².